The molecule has 0 spiro atoms. The average Bonchev–Trinajstić information content (AvgIpc) is 2.13. The van der Waals surface area contributed by atoms with Gasteiger partial charge in [-0.3, -0.25) is 0 Å². The Morgan fingerprint density at radius 3 is 2.93 bits per heavy atom. The van der Waals surface area contributed by atoms with Crippen LogP contribution >= 0.6 is 0 Å². The minimum absolute atomic E-state index is 0.556. The molecule has 0 bridgehead atoms. The fourth-order valence-corrected chi connectivity index (χ4v) is 2.22. The number of hydrogen-bond acceptors (Lipinski definition) is 2. The summed E-state index contributed by atoms with van der Waals surface area (Å²) in [5.41, 5.74) is 1.54. The van der Waals surface area contributed by atoms with Crippen molar-refractivity contribution in [2.45, 2.75) is 38.6 Å². The van der Waals surface area contributed by atoms with E-state index in [0.29, 0.717) is 6.04 Å². The smallest absolute Gasteiger partial charge is 0.0623 e. The van der Waals surface area contributed by atoms with Gasteiger partial charge in [-0.05, 0) is 32.1 Å². The van der Waals surface area contributed by atoms with Crippen molar-refractivity contribution >= 4 is 0 Å². The fourth-order valence-electron chi connectivity index (χ4n) is 2.22. The molecule has 0 amide bonds. The highest BCUT2D eigenvalue weighted by Gasteiger charge is 2.17. The van der Waals surface area contributed by atoms with Crippen LogP contribution in [0.1, 0.15) is 32.6 Å². The average molecular weight is 195 g/mol. The lowest BCUT2D eigenvalue weighted by molar-refractivity contribution is 0.0769. The molecule has 0 aromatic rings. The third kappa shape index (κ3) is 2.82. The van der Waals surface area contributed by atoms with Gasteiger partial charge in [0.05, 0.1) is 13.2 Å². The van der Waals surface area contributed by atoms with Crippen LogP contribution in [-0.4, -0.2) is 25.8 Å². The van der Waals surface area contributed by atoms with E-state index in [4.69, 9.17) is 4.74 Å². The SMILES string of the molecule is CC(=CC1CCC1)CC1COCCN1. The Labute approximate surface area is 86.7 Å². The van der Waals surface area contributed by atoms with Crippen molar-refractivity contribution in [1.29, 1.82) is 0 Å². The minimum atomic E-state index is 0.556. The standard InChI is InChI=1S/C12H21NO/c1-10(7-11-3-2-4-11)8-12-9-14-6-5-13-12/h7,11-13H,2-6,8-9H2,1H3. The fraction of sp³-hybridized carbons (Fsp3) is 0.833. The van der Waals surface area contributed by atoms with E-state index in [2.05, 4.69) is 18.3 Å². The molecule has 2 rings (SSSR count). The van der Waals surface area contributed by atoms with E-state index in [0.717, 1.165) is 32.1 Å². The zero-order valence-corrected chi connectivity index (χ0v) is 9.09. The van der Waals surface area contributed by atoms with Gasteiger partial charge in [0.15, 0.2) is 0 Å². The minimum Gasteiger partial charge on any atom is -0.379 e. The molecule has 14 heavy (non-hydrogen) atoms. The van der Waals surface area contributed by atoms with Crippen molar-refractivity contribution in [1.82, 2.24) is 5.32 Å². The van der Waals surface area contributed by atoms with Gasteiger partial charge in [0, 0.05) is 12.6 Å². The summed E-state index contributed by atoms with van der Waals surface area (Å²) in [5.74, 6) is 0.888. The van der Waals surface area contributed by atoms with Crippen LogP contribution in [0.5, 0.6) is 0 Å². The molecule has 0 aromatic carbocycles. The Kier molecular flexibility index (Phi) is 3.60. The Hall–Kier alpha value is -0.340. The molecule has 1 heterocycles. The molecule has 1 N–H and O–H groups in total. The lowest BCUT2D eigenvalue weighted by Crippen LogP contribution is -2.41. The highest BCUT2D eigenvalue weighted by atomic mass is 16.5. The van der Waals surface area contributed by atoms with Gasteiger partial charge in [-0.15, -0.1) is 0 Å². The highest BCUT2D eigenvalue weighted by molar-refractivity contribution is 5.05. The van der Waals surface area contributed by atoms with Crippen LogP contribution in [-0.2, 0) is 4.74 Å². The van der Waals surface area contributed by atoms with E-state index in [9.17, 15) is 0 Å². The van der Waals surface area contributed by atoms with Crippen LogP contribution in [0.4, 0.5) is 0 Å². The van der Waals surface area contributed by atoms with Gasteiger partial charge in [0.2, 0.25) is 0 Å². The summed E-state index contributed by atoms with van der Waals surface area (Å²) in [4.78, 5) is 0. The maximum absolute atomic E-state index is 5.44. The number of rotatable bonds is 3. The molecule has 1 saturated heterocycles. The van der Waals surface area contributed by atoms with E-state index in [-0.39, 0.29) is 0 Å². The van der Waals surface area contributed by atoms with Gasteiger partial charge in [0.1, 0.15) is 0 Å². The van der Waals surface area contributed by atoms with Crippen LogP contribution in [0.2, 0.25) is 0 Å². The molecule has 2 nitrogen and oxygen atoms in total. The van der Waals surface area contributed by atoms with Crippen LogP contribution in [0.3, 0.4) is 0 Å². The molecule has 2 heteroatoms. The first-order valence-corrected chi connectivity index (χ1v) is 5.83. The second-order valence-electron chi connectivity index (χ2n) is 4.63. The summed E-state index contributed by atoms with van der Waals surface area (Å²) in [6, 6.07) is 0.556. The number of nitrogens with one attached hydrogen (secondary N) is 1. The molecule has 1 aliphatic carbocycles. The number of allylic oxidation sites excluding steroid dienone is 1. The normalized spacial score (nSPS) is 30.1. The third-order valence-corrected chi connectivity index (χ3v) is 3.24. The van der Waals surface area contributed by atoms with Gasteiger partial charge in [-0.1, -0.05) is 18.1 Å². The first-order valence-electron chi connectivity index (χ1n) is 5.83. The Morgan fingerprint density at radius 2 is 2.36 bits per heavy atom. The molecule has 1 unspecified atom stereocenters. The Balaban J connectivity index is 1.74. The monoisotopic (exact) mass is 195 g/mol. The Bertz CT molecular complexity index is 202. The van der Waals surface area contributed by atoms with Gasteiger partial charge >= 0.3 is 0 Å². The molecule has 1 saturated carbocycles. The number of morpholine rings is 1. The van der Waals surface area contributed by atoms with Crippen molar-refractivity contribution in [3.05, 3.63) is 11.6 Å². The zero-order valence-electron chi connectivity index (χ0n) is 9.09. The summed E-state index contributed by atoms with van der Waals surface area (Å²) in [5, 5.41) is 3.49. The van der Waals surface area contributed by atoms with Crippen LogP contribution < -0.4 is 5.32 Å². The lowest BCUT2D eigenvalue weighted by atomic mass is 9.83. The molecular formula is C12H21NO. The van der Waals surface area contributed by atoms with E-state index in [1.165, 1.54) is 24.8 Å². The van der Waals surface area contributed by atoms with Crippen molar-refractivity contribution in [3.63, 3.8) is 0 Å². The third-order valence-electron chi connectivity index (χ3n) is 3.24. The first kappa shape index (κ1) is 10.2. The zero-order chi connectivity index (χ0) is 9.80. The van der Waals surface area contributed by atoms with Crippen molar-refractivity contribution in [3.8, 4) is 0 Å². The molecular weight excluding hydrogens is 174 g/mol. The predicted molar refractivity (Wildman–Crippen MR) is 58.3 cm³/mol. The highest BCUT2D eigenvalue weighted by Crippen LogP contribution is 2.29. The van der Waals surface area contributed by atoms with E-state index in [1.54, 1.807) is 0 Å². The van der Waals surface area contributed by atoms with Gasteiger partial charge in [-0.25, -0.2) is 0 Å². The maximum atomic E-state index is 5.44. The topological polar surface area (TPSA) is 21.3 Å². The summed E-state index contributed by atoms with van der Waals surface area (Å²) in [6.07, 6.45) is 7.88. The Morgan fingerprint density at radius 1 is 1.50 bits per heavy atom. The summed E-state index contributed by atoms with van der Waals surface area (Å²) >= 11 is 0. The van der Waals surface area contributed by atoms with Crippen LogP contribution in [0.25, 0.3) is 0 Å². The number of ether oxygens (including phenoxy) is 1. The molecule has 2 fully saturated rings. The molecule has 2 aliphatic rings. The second-order valence-corrected chi connectivity index (χ2v) is 4.63. The van der Waals surface area contributed by atoms with Crippen LogP contribution in [0, 0.1) is 5.92 Å². The van der Waals surface area contributed by atoms with Crippen LogP contribution in [0.15, 0.2) is 11.6 Å². The lowest BCUT2D eigenvalue weighted by Gasteiger charge is -2.26. The van der Waals surface area contributed by atoms with E-state index in [1.807, 2.05) is 0 Å². The second kappa shape index (κ2) is 4.94. The predicted octanol–water partition coefficient (Wildman–Crippen LogP) is 2.11. The van der Waals surface area contributed by atoms with E-state index >= 15 is 0 Å². The summed E-state index contributed by atoms with van der Waals surface area (Å²) in [7, 11) is 0. The van der Waals surface area contributed by atoms with Crippen molar-refractivity contribution in [2.24, 2.45) is 5.92 Å². The molecule has 0 aromatic heterocycles. The quantitative estimate of drug-likeness (QED) is 0.696. The molecule has 1 atom stereocenters. The van der Waals surface area contributed by atoms with Gasteiger partial charge in [-0.2, -0.15) is 0 Å². The van der Waals surface area contributed by atoms with Crippen molar-refractivity contribution in [2.75, 3.05) is 19.8 Å². The maximum Gasteiger partial charge on any atom is 0.0623 e. The van der Waals surface area contributed by atoms with Gasteiger partial charge < -0.3 is 10.1 Å². The first-order chi connectivity index (χ1) is 6.84. The van der Waals surface area contributed by atoms with E-state index < -0.39 is 0 Å². The van der Waals surface area contributed by atoms with Crippen molar-refractivity contribution < 1.29 is 4.74 Å². The van der Waals surface area contributed by atoms with Gasteiger partial charge in [0.25, 0.3) is 0 Å². The number of hydrogen-bond donors (Lipinski definition) is 1. The summed E-state index contributed by atoms with van der Waals surface area (Å²) in [6.45, 7) is 5.04. The molecule has 80 valence electrons. The molecule has 1 aliphatic heterocycles. The largest absolute Gasteiger partial charge is 0.379 e. The summed E-state index contributed by atoms with van der Waals surface area (Å²) < 4.78 is 5.44. The molecule has 0 radical (unpaired) electrons.